The van der Waals surface area contributed by atoms with Crippen molar-refractivity contribution in [3.8, 4) is 12.1 Å². The summed E-state index contributed by atoms with van der Waals surface area (Å²) in [6.45, 7) is 0.358. The number of halogens is 2. The Balaban J connectivity index is 2.73. The third kappa shape index (κ3) is 4.81. The molecular weight excluding hydrogens is 299 g/mol. The highest BCUT2D eigenvalue weighted by Crippen LogP contribution is 2.25. The van der Waals surface area contributed by atoms with Crippen molar-refractivity contribution < 1.29 is 4.79 Å². The Bertz CT molecular complexity index is 614. The molecule has 1 aromatic carbocycles. The lowest BCUT2D eigenvalue weighted by atomic mass is 10.2. The van der Waals surface area contributed by atoms with E-state index in [0.29, 0.717) is 17.3 Å². The highest BCUT2D eigenvalue weighted by atomic mass is 35.5. The third-order valence-electron chi connectivity index (χ3n) is 2.17. The molecule has 7 heteroatoms. The fraction of sp³-hybridized carbons (Fsp3) is 0.154. The molecule has 20 heavy (non-hydrogen) atoms. The number of hydrogen-bond acceptors (Lipinski definition) is 4. The minimum atomic E-state index is -0.596. The molecule has 0 aliphatic rings. The van der Waals surface area contributed by atoms with Crippen LogP contribution in [0.2, 0.25) is 10.0 Å². The van der Waals surface area contributed by atoms with E-state index in [4.69, 9.17) is 33.7 Å². The molecule has 1 amide bonds. The van der Waals surface area contributed by atoms with Gasteiger partial charge in [0.2, 0.25) is 0 Å². The second-order valence-electron chi connectivity index (χ2n) is 3.61. The molecule has 0 aromatic heterocycles. The summed E-state index contributed by atoms with van der Waals surface area (Å²) in [6, 6.07) is 8.30. The number of nitrogens with one attached hydrogen (secondary N) is 2. The Hall–Kier alpha value is -2.21. The molecule has 102 valence electrons. The summed E-state index contributed by atoms with van der Waals surface area (Å²) in [7, 11) is 0. The molecule has 0 heterocycles. The Kier molecular flexibility index (Phi) is 6.39. The smallest absolute Gasteiger partial charge is 0.267 e. The molecule has 0 unspecified atom stereocenters. The summed E-state index contributed by atoms with van der Waals surface area (Å²) in [4.78, 5) is 11.8. The largest absolute Gasteiger partial charge is 0.389 e. The fourth-order valence-corrected chi connectivity index (χ4v) is 1.69. The number of carbonyl (C=O) groups is 1. The van der Waals surface area contributed by atoms with E-state index in [1.807, 2.05) is 6.07 Å². The first-order valence-corrected chi connectivity index (χ1v) is 6.31. The maximum Gasteiger partial charge on any atom is 0.267 e. The van der Waals surface area contributed by atoms with Gasteiger partial charge in [-0.3, -0.25) is 4.79 Å². The average Bonchev–Trinajstić information content (AvgIpc) is 2.42. The molecule has 5 nitrogen and oxygen atoms in total. The lowest BCUT2D eigenvalue weighted by Crippen LogP contribution is -2.17. The Morgan fingerprint density at radius 3 is 2.70 bits per heavy atom. The number of benzene rings is 1. The van der Waals surface area contributed by atoms with Crippen LogP contribution < -0.4 is 10.6 Å². The number of amides is 1. The van der Waals surface area contributed by atoms with Crippen molar-refractivity contribution in [2.45, 2.75) is 6.42 Å². The molecule has 0 bridgehead atoms. The Morgan fingerprint density at radius 2 is 2.10 bits per heavy atom. The van der Waals surface area contributed by atoms with E-state index in [9.17, 15) is 4.79 Å². The van der Waals surface area contributed by atoms with Crippen molar-refractivity contribution in [3.63, 3.8) is 0 Å². The van der Waals surface area contributed by atoms with Gasteiger partial charge in [0.05, 0.1) is 23.2 Å². The maximum atomic E-state index is 11.8. The van der Waals surface area contributed by atoms with Crippen molar-refractivity contribution in [2.75, 3.05) is 11.9 Å². The molecule has 0 saturated heterocycles. The Labute approximate surface area is 126 Å². The fourth-order valence-electron chi connectivity index (χ4n) is 1.23. The number of carbonyl (C=O) groups excluding carboxylic acids is 1. The SMILES string of the molecule is N#CCCN/C=C(/C#N)C(=O)Nc1ccc(Cl)cc1Cl. The number of nitriles is 2. The van der Waals surface area contributed by atoms with E-state index in [1.54, 1.807) is 18.2 Å². The summed E-state index contributed by atoms with van der Waals surface area (Å²) >= 11 is 11.7. The van der Waals surface area contributed by atoms with Crippen LogP contribution in [0.3, 0.4) is 0 Å². The first kappa shape index (κ1) is 15.8. The lowest BCUT2D eigenvalue weighted by Gasteiger charge is -2.07. The predicted octanol–water partition coefficient (Wildman–Crippen LogP) is 2.84. The van der Waals surface area contributed by atoms with Crippen LogP contribution in [0.1, 0.15) is 6.42 Å². The molecule has 0 radical (unpaired) electrons. The van der Waals surface area contributed by atoms with E-state index in [2.05, 4.69) is 10.6 Å². The molecule has 1 aromatic rings. The average molecular weight is 309 g/mol. The van der Waals surface area contributed by atoms with Crippen LogP contribution in [-0.2, 0) is 4.79 Å². The van der Waals surface area contributed by atoms with E-state index in [-0.39, 0.29) is 17.0 Å². The molecule has 0 fully saturated rings. The summed E-state index contributed by atoms with van der Waals surface area (Å²) in [5.74, 6) is -0.596. The summed E-state index contributed by atoms with van der Waals surface area (Å²) in [5, 5.41) is 23.2. The summed E-state index contributed by atoms with van der Waals surface area (Å²) < 4.78 is 0. The van der Waals surface area contributed by atoms with Crippen LogP contribution in [0.4, 0.5) is 5.69 Å². The zero-order valence-electron chi connectivity index (χ0n) is 10.3. The van der Waals surface area contributed by atoms with Crippen LogP contribution in [-0.4, -0.2) is 12.5 Å². The number of anilines is 1. The van der Waals surface area contributed by atoms with Gasteiger partial charge in [0.25, 0.3) is 5.91 Å². The van der Waals surface area contributed by atoms with Gasteiger partial charge in [0.1, 0.15) is 11.6 Å². The maximum absolute atomic E-state index is 11.8. The normalized spacial score (nSPS) is 10.3. The van der Waals surface area contributed by atoms with Crippen LogP contribution in [0, 0.1) is 22.7 Å². The lowest BCUT2D eigenvalue weighted by molar-refractivity contribution is -0.112. The van der Waals surface area contributed by atoms with Gasteiger partial charge in [0.15, 0.2) is 0 Å². The van der Waals surface area contributed by atoms with Crippen LogP contribution in [0.5, 0.6) is 0 Å². The first-order chi connectivity index (χ1) is 9.58. The standard InChI is InChI=1S/C13H10Cl2N4O/c14-10-2-3-12(11(15)6-10)19-13(20)9(7-17)8-18-5-1-4-16/h2-3,6,8,18H,1,5H2,(H,19,20)/b9-8-. The van der Waals surface area contributed by atoms with E-state index in [1.165, 1.54) is 12.3 Å². The summed E-state index contributed by atoms with van der Waals surface area (Å²) in [5.41, 5.74) is 0.244. The zero-order valence-corrected chi connectivity index (χ0v) is 11.8. The van der Waals surface area contributed by atoms with Crippen LogP contribution in [0.25, 0.3) is 0 Å². The van der Waals surface area contributed by atoms with Crippen molar-refractivity contribution in [3.05, 3.63) is 40.0 Å². The van der Waals surface area contributed by atoms with Gasteiger partial charge >= 0.3 is 0 Å². The second-order valence-corrected chi connectivity index (χ2v) is 4.45. The van der Waals surface area contributed by atoms with Crippen LogP contribution in [0.15, 0.2) is 30.0 Å². The number of rotatable bonds is 5. The quantitative estimate of drug-likeness (QED) is 0.497. The van der Waals surface area contributed by atoms with Gasteiger partial charge in [-0.05, 0) is 18.2 Å². The second kappa shape index (κ2) is 8.06. The molecule has 2 N–H and O–H groups in total. The molecule has 0 aliphatic heterocycles. The van der Waals surface area contributed by atoms with Crippen LogP contribution >= 0.6 is 23.2 Å². The summed E-state index contributed by atoms with van der Waals surface area (Å²) in [6.07, 6.45) is 1.54. The van der Waals surface area contributed by atoms with Crippen molar-refractivity contribution in [1.82, 2.24) is 5.32 Å². The van der Waals surface area contributed by atoms with Crippen molar-refractivity contribution >= 4 is 34.8 Å². The molecule has 0 atom stereocenters. The van der Waals surface area contributed by atoms with E-state index >= 15 is 0 Å². The monoisotopic (exact) mass is 308 g/mol. The van der Waals surface area contributed by atoms with Gasteiger partial charge in [-0.2, -0.15) is 10.5 Å². The zero-order chi connectivity index (χ0) is 15.0. The van der Waals surface area contributed by atoms with Gasteiger partial charge in [-0.1, -0.05) is 23.2 Å². The topological polar surface area (TPSA) is 88.7 Å². The third-order valence-corrected chi connectivity index (χ3v) is 2.72. The highest BCUT2D eigenvalue weighted by molar-refractivity contribution is 6.36. The number of hydrogen-bond donors (Lipinski definition) is 2. The van der Waals surface area contributed by atoms with Gasteiger partial charge < -0.3 is 10.6 Å². The molecule has 0 aliphatic carbocycles. The molecule has 0 spiro atoms. The highest BCUT2D eigenvalue weighted by Gasteiger charge is 2.11. The molecule has 0 saturated carbocycles. The Morgan fingerprint density at radius 1 is 1.35 bits per heavy atom. The minimum Gasteiger partial charge on any atom is -0.389 e. The first-order valence-electron chi connectivity index (χ1n) is 5.55. The van der Waals surface area contributed by atoms with E-state index in [0.717, 1.165) is 0 Å². The van der Waals surface area contributed by atoms with Gasteiger partial charge in [-0.15, -0.1) is 0 Å². The molecular formula is C13H10Cl2N4O. The number of nitrogens with zero attached hydrogens (tertiary/aromatic N) is 2. The molecule has 1 rings (SSSR count). The van der Waals surface area contributed by atoms with Gasteiger partial charge in [-0.25, -0.2) is 0 Å². The van der Waals surface area contributed by atoms with E-state index < -0.39 is 5.91 Å². The van der Waals surface area contributed by atoms with Crippen molar-refractivity contribution in [2.24, 2.45) is 0 Å². The van der Waals surface area contributed by atoms with Crippen molar-refractivity contribution in [1.29, 1.82) is 10.5 Å². The van der Waals surface area contributed by atoms with Gasteiger partial charge in [0, 0.05) is 17.8 Å². The minimum absolute atomic E-state index is 0.117. The predicted molar refractivity (Wildman–Crippen MR) is 77.0 cm³/mol.